The summed E-state index contributed by atoms with van der Waals surface area (Å²) in [4.78, 5) is 29.8. The maximum Gasteiger partial charge on any atom is 0.309 e. The van der Waals surface area contributed by atoms with E-state index < -0.39 is 0 Å². The van der Waals surface area contributed by atoms with Crippen molar-refractivity contribution in [2.24, 2.45) is 5.92 Å². The summed E-state index contributed by atoms with van der Waals surface area (Å²) in [7, 11) is 0. The van der Waals surface area contributed by atoms with Crippen LogP contribution < -0.4 is 5.32 Å². The van der Waals surface area contributed by atoms with Crippen molar-refractivity contribution >= 4 is 51.5 Å². The van der Waals surface area contributed by atoms with E-state index >= 15 is 0 Å². The molecule has 1 aromatic heterocycles. The van der Waals surface area contributed by atoms with Crippen LogP contribution in [0.3, 0.4) is 0 Å². The molecule has 1 aliphatic rings. The minimum Gasteiger partial charge on any atom is -0.466 e. The average Bonchev–Trinajstić information content (AvgIpc) is 2.98. The van der Waals surface area contributed by atoms with Crippen molar-refractivity contribution in [2.45, 2.75) is 26.2 Å². The Morgan fingerprint density at radius 1 is 1.40 bits per heavy atom. The second-order valence-electron chi connectivity index (χ2n) is 5.66. The van der Waals surface area contributed by atoms with Gasteiger partial charge < -0.3 is 4.74 Å². The lowest BCUT2D eigenvalue weighted by Gasteiger charge is -2.18. The molecular formula is C17H16Cl2N2O3S. The normalized spacial score (nSPS) is 16.2. The van der Waals surface area contributed by atoms with Crippen LogP contribution in [-0.4, -0.2) is 23.5 Å². The number of aromatic nitrogens is 1. The van der Waals surface area contributed by atoms with Crippen LogP contribution in [0.1, 0.15) is 34.3 Å². The Kier molecular flexibility index (Phi) is 5.61. The minimum atomic E-state index is -0.361. The van der Waals surface area contributed by atoms with E-state index in [0.29, 0.717) is 46.6 Å². The van der Waals surface area contributed by atoms with Crippen LogP contribution in [0.15, 0.2) is 18.2 Å². The first-order valence-corrected chi connectivity index (χ1v) is 9.46. The number of nitrogens with zero attached hydrogens (tertiary/aromatic N) is 1. The molecule has 1 aliphatic carbocycles. The number of hydrogen-bond acceptors (Lipinski definition) is 5. The zero-order valence-electron chi connectivity index (χ0n) is 13.5. The molecule has 0 fully saturated rings. The topological polar surface area (TPSA) is 68.3 Å². The van der Waals surface area contributed by atoms with Gasteiger partial charge in [-0.3, -0.25) is 14.9 Å². The SMILES string of the molecule is CCOC(=O)C1CCc2nc(NC(=O)c3cc(Cl)ccc3Cl)sc2C1. The molecule has 132 valence electrons. The fourth-order valence-corrected chi connectivity index (χ4v) is 4.18. The lowest BCUT2D eigenvalue weighted by molar-refractivity contribution is -0.148. The Hall–Kier alpha value is -1.63. The van der Waals surface area contributed by atoms with E-state index in [1.807, 2.05) is 0 Å². The van der Waals surface area contributed by atoms with Gasteiger partial charge in [0.05, 0.1) is 28.8 Å². The highest BCUT2D eigenvalue weighted by atomic mass is 35.5. The highest BCUT2D eigenvalue weighted by Crippen LogP contribution is 2.33. The molecule has 1 atom stereocenters. The van der Waals surface area contributed by atoms with Gasteiger partial charge in [0.1, 0.15) is 0 Å². The Labute approximate surface area is 159 Å². The first-order valence-electron chi connectivity index (χ1n) is 7.89. The monoisotopic (exact) mass is 398 g/mol. The summed E-state index contributed by atoms with van der Waals surface area (Å²) in [5.41, 5.74) is 1.23. The van der Waals surface area contributed by atoms with Crippen LogP contribution in [-0.2, 0) is 22.4 Å². The molecule has 8 heteroatoms. The Bertz CT molecular complexity index is 822. The predicted octanol–water partition coefficient (Wildman–Crippen LogP) is 4.37. The van der Waals surface area contributed by atoms with E-state index in [1.54, 1.807) is 19.1 Å². The molecule has 5 nitrogen and oxygen atoms in total. The number of fused-ring (bicyclic) bond motifs is 1. The summed E-state index contributed by atoms with van der Waals surface area (Å²) in [6.07, 6.45) is 2.01. The van der Waals surface area contributed by atoms with Gasteiger partial charge in [-0.15, -0.1) is 11.3 Å². The summed E-state index contributed by atoms with van der Waals surface area (Å²) >= 11 is 13.4. The third-order valence-corrected chi connectivity index (χ3v) is 5.55. The van der Waals surface area contributed by atoms with Crippen LogP contribution in [0.25, 0.3) is 0 Å². The van der Waals surface area contributed by atoms with Gasteiger partial charge in [-0.1, -0.05) is 23.2 Å². The molecule has 1 heterocycles. The number of anilines is 1. The molecular weight excluding hydrogens is 383 g/mol. The van der Waals surface area contributed by atoms with Crippen molar-refractivity contribution in [1.29, 1.82) is 0 Å². The highest BCUT2D eigenvalue weighted by molar-refractivity contribution is 7.15. The van der Waals surface area contributed by atoms with E-state index in [4.69, 9.17) is 27.9 Å². The van der Waals surface area contributed by atoms with Crippen molar-refractivity contribution < 1.29 is 14.3 Å². The zero-order chi connectivity index (χ0) is 18.0. The summed E-state index contributed by atoms with van der Waals surface area (Å²) in [5.74, 6) is -0.669. The number of esters is 1. The molecule has 1 aromatic carbocycles. The number of benzene rings is 1. The molecule has 0 saturated heterocycles. The van der Waals surface area contributed by atoms with Crippen molar-refractivity contribution in [3.05, 3.63) is 44.4 Å². The number of hydrogen-bond donors (Lipinski definition) is 1. The van der Waals surface area contributed by atoms with E-state index in [9.17, 15) is 9.59 Å². The van der Waals surface area contributed by atoms with Crippen LogP contribution in [0, 0.1) is 5.92 Å². The highest BCUT2D eigenvalue weighted by Gasteiger charge is 2.28. The van der Waals surface area contributed by atoms with Crippen LogP contribution >= 0.6 is 34.5 Å². The summed E-state index contributed by atoms with van der Waals surface area (Å²) < 4.78 is 5.10. The van der Waals surface area contributed by atoms with Crippen LogP contribution in [0.2, 0.25) is 10.0 Å². The summed E-state index contributed by atoms with van der Waals surface area (Å²) in [6, 6.07) is 4.72. The number of nitrogens with one attached hydrogen (secondary N) is 1. The van der Waals surface area contributed by atoms with E-state index in [2.05, 4.69) is 10.3 Å². The Balaban J connectivity index is 1.73. The summed E-state index contributed by atoms with van der Waals surface area (Å²) in [5, 5.41) is 4.02. The lowest BCUT2D eigenvalue weighted by atomic mass is 9.91. The number of carbonyl (C=O) groups excluding carboxylic acids is 2. The fourth-order valence-electron chi connectivity index (χ4n) is 2.73. The molecule has 0 bridgehead atoms. The first-order chi connectivity index (χ1) is 12.0. The van der Waals surface area contributed by atoms with Crippen LogP contribution in [0.4, 0.5) is 5.13 Å². The van der Waals surface area contributed by atoms with Crippen molar-refractivity contribution in [1.82, 2.24) is 4.98 Å². The van der Waals surface area contributed by atoms with Crippen LogP contribution in [0.5, 0.6) is 0 Å². The van der Waals surface area contributed by atoms with Gasteiger partial charge in [0.25, 0.3) is 5.91 Å². The second-order valence-corrected chi connectivity index (χ2v) is 7.59. The molecule has 0 saturated carbocycles. The van der Waals surface area contributed by atoms with Gasteiger partial charge in [0, 0.05) is 9.90 Å². The van der Waals surface area contributed by atoms with Gasteiger partial charge in [0.15, 0.2) is 5.13 Å². The number of aryl methyl sites for hydroxylation is 1. The first kappa shape index (κ1) is 18.2. The molecule has 0 spiro atoms. The Morgan fingerprint density at radius 2 is 2.20 bits per heavy atom. The third-order valence-electron chi connectivity index (χ3n) is 3.95. The minimum absolute atomic E-state index is 0.140. The number of carbonyl (C=O) groups is 2. The molecule has 25 heavy (non-hydrogen) atoms. The van der Waals surface area contributed by atoms with Gasteiger partial charge in [-0.2, -0.15) is 0 Å². The molecule has 3 rings (SSSR count). The molecule has 0 aliphatic heterocycles. The van der Waals surface area contributed by atoms with E-state index in [-0.39, 0.29) is 17.8 Å². The standard InChI is InChI=1S/C17H16Cl2N2O3S/c1-2-24-16(23)9-3-6-13-14(7-9)25-17(20-13)21-15(22)11-8-10(18)4-5-12(11)19/h4-5,8-9H,2-3,6-7H2,1H3,(H,20,21,22). The van der Waals surface area contributed by atoms with Gasteiger partial charge >= 0.3 is 5.97 Å². The van der Waals surface area contributed by atoms with Crippen molar-refractivity contribution in [2.75, 3.05) is 11.9 Å². The molecule has 1 unspecified atom stereocenters. The van der Waals surface area contributed by atoms with Crippen molar-refractivity contribution in [3.63, 3.8) is 0 Å². The van der Waals surface area contributed by atoms with Gasteiger partial charge in [0.2, 0.25) is 0 Å². The number of rotatable bonds is 4. The molecule has 2 aromatic rings. The average molecular weight is 399 g/mol. The van der Waals surface area contributed by atoms with Gasteiger partial charge in [-0.05, 0) is 44.4 Å². The number of thiazole rings is 1. The summed E-state index contributed by atoms with van der Waals surface area (Å²) in [6.45, 7) is 2.18. The maximum atomic E-state index is 12.4. The third kappa shape index (κ3) is 4.14. The Morgan fingerprint density at radius 3 is 2.96 bits per heavy atom. The van der Waals surface area contributed by atoms with Crippen molar-refractivity contribution in [3.8, 4) is 0 Å². The van der Waals surface area contributed by atoms with E-state index in [0.717, 1.165) is 10.6 Å². The number of amides is 1. The smallest absolute Gasteiger partial charge is 0.309 e. The fraction of sp³-hybridized carbons (Fsp3) is 0.353. The van der Waals surface area contributed by atoms with Gasteiger partial charge in [-0.25, -0.2) is 4.98 Å². The molecule has 0 radical (unpaired) electrons. The molecule has 1 N–H and O–H groups in total. The predicted molar refractivity (Wildman–Crippen MR) is 98.7 cm³/mol. The second kappa shape index (κ2) is 7.72. The number of halogens is 2. The lowest BCUT2D eigenvalue weighted by Crippen LogP contribution is -2.24. The quantitative estimate of drug-likeness (QED) is 0.776. The largest absolute Gasteiger partial charge is 0.466 e. The van der Waals surface area contributed by atoms with E-state index in [1.165, 1.54) is 17.4 Å². The maximum absolute atomic E-state index is 12.4. The zero-order valence-corrected chi connectivity index (χ0v) is 15.8. The number of ether oxygens (including phenoxy) is 1. The molecule has 1 amide bonds.